The second-order valence-electron chi connectivity index (χ2n) is 6.30. The number of thiazole rings is 1. The maximum atomic E-state index is 12.2. The van der Waals surface area contributed by atoms with Gasteiger partial charge in [0.1, 0.15) is 0 Å². The average molecular weight is 395 g/mol. The van der Waals surface area contributed by atoms with E-state index in [-0.39, 0.29) is 18.2 Å². The fourth-order valence-electron chi connectivity index (χ4n) is 2.60. The van der Waals surface area contributed by atoms with E-state index in [1.807, 2.05) is 17.5 Å². The molecule has 0 aliphatic rings. The number of aryl methyl sites for hydroxylation is 1. The van der Waals surface area contributed by atoms with Gasteiger partial charge in [-0.15, -0.1) is 11.3 Å². The Kier molecular flexibility index (Phi) is 6.39. The van der Waals surface area contributed by atoms with E-state index in [9.17, 15) is 9.59 Å². The van der Waals surface area contributed by atoms with Crippen molar-refractivity contribution < 1.29 is 9.59 Å². The van der Waals surface area contributed by atoms with Gasteiger partial charge in [0.05, 0.1) is 12.1 Å². The molecule has 0 saturated carbocycles. The molecule has 7 heteroatoms. The van der Waals surface area contributed by atoms with Crippen LogP contribution in [0, 0.1) is 0 Å². The first kappa shape index (κ1) is 19.6. The van der Waals surface area contributed by atoms with E-state index in [0.717, 1.165) is 17.2 Å². The fraction of sp³-hybridized carbons (Fsp3) is 0.190. The minimum absolute atomic E-state index is 0.133. The highest BCUT2D eigenvalue weighted by Crippen LogP contribution is 2.22. The van der Waals surface area contributed by atoms with Crippen molar-refractivity contribution in [1.29, 1.82) is 0 Å². The summed E-state index contributed by atoms with van der Waals surface area (Å²) in [6.45, 7) is 3.57. The van der Waals surface area contributed by atoms with Crippen molar-refractivity contribution in [3.05, 3.63) is 65.2 Å². The summed E-state index contributed by atoms with van der Waals surface area (Å²) in [5, 5.41) is 11.4. The van der Waals surface area contributed by atoms with E-state index < -0.39 is 0 Å². The Hall–Kier alpha value is -3.19. The Morgan fingerprint density at radius 2 is 1.54 bits per heavy atom. The Morgan fingerprint density at radius 1 is 0.929 bits per heavy atom. The average Bonchev–Trinajstić information content (AvgIpc) is 3.10. The number of amides is 2. The smallest absolute Gasteiger partial charge is 0.230 e. The first-order valence-electron chi connectivity index (χ1n) is 8.99. The van der Waals surface area contributed by atoms with Crippen molar-refractivity contribution in [3.8, 4) is 0 Å². The number of benzene rings is 2. The van der Waals surface area contributed by atoms with Crippen molar-refractivity contribution in [1.82, 2.24) is 4.98 Å². The molecule has 0 unspecified atom stereocenters. The number of aromatic nitrogens is 1. The molecule has 2 aromatic carbocycles. The van der Waals surface area contributed by atoms with Crippen LogP contribution < -0.4 is 16.0 Å². The molecule has 0 aliphatic heterocycles. The van der Waals surface area contributed by atoms with Crippen LogP contribution in [0.2, 0.25) is 0 Å². The van der Waals surface area contributed by atoms with Gasteiger partial charge in [-0.3, -0.25) is 9.59 Å². The van der Waals surface area contributed by atoms with Gasteiger partial charge in [0.25, 0.3) is 0 Å². The van der Waals surface area contributed by atoms with Crippen LogP contribution in [0.3, 0.4) is 0 Å². The Morgan fingerprint density at radius 3 is 2.14 bits per heavy atom. The second-order valence-corrected chi connectivity index (χ2v) is 7.16. The number of anilines is 4. The molecule has 3 rings (SSSR count). The van der Waals surface area contributed by atoms with Gasteiger partial charge in [-0.05, 0) is 48.4 Å². The third-order valence-corrected chi connectivity index (χ3v) is 4.80. The largest absolute Gasteiger partial charge is 0.332 e. The van der Waals surface area contributed by atoms with E-state index in [1.165, 1.54) is 23.8 Å². The quantitative estimate of drug-likeness (QED) is 0.547. The van der Waals surface area contributed by atoms with Gasteiger partial charge in [0, 0.05) is 29.4 Å². The molecule has 6 nitrogen and oxygen atoms in total. The lowest BCUT2D eigenvalue weighted by molar-refractivity contribution is -0.116. The Bertz CT molecular complexity index is 949. The van der Waals surface area contributed by atoms with Gasteiger partial charge in [0.15, 0.2) is 5.13 Å². The van der Waals surface area contributed by atoms with Crippen LogP contribution in [0.4, 0.5) is 22.2 Å². The lowest BCUT2D eigenvalue weighted by Gasteiger charge is -2.06. The summed E-state index contributed by atoms with van der Waals surface area (Å²) in [5.41, 5.74) is 4.33. The molecule has 0 aliphatic carbocycles. The zero-order valence-corrected chi connectivity index (χ0v) is 16.6. The topological polar surface area (TPSA) is 83.1 Å². The first-order chi connectivity index (χ1) is 13.5. The molecule has 0 radical (unpaired) electrons. The Balaban J connectivity index is 1.53. The van der Waals surface area contributed by atoms with Crippen LogP contribution in [0.1, 0.15) is 25.1 Å². The lowest BCUT2D eigenvalue weighted by atomic mass is 10.1. The highest BCUT2D eigenvalue weighted by Gasteiger charge is 2.09. The van der Waals surface area contributed by atoms with E-state index in [1.54, 1.807) is 24.3 Å². The van der Waals surface area contributed by atoms with E-state index in [4.69, 9.17) is 0 Å². The molecule has 144 valence electrons. The molecule has 28 heavy (non-hydrogen) atoms. The zero-order valence-electron chi connectivity index (χ0n) is 15.8. The number of rotatable bonds is 7. The standard InChI is InChI=1S/C21H22N4O2S/c1-3-15-4-6-18(7-5-15)24-21-25-19(13-28-21)12-20(27)23-17-10-8-16(9-11-17)22-14(2)26/h4-11,13H,3,12H2,1-2H3,(H,22,26)(H,23,27)(H,24,25). The third kappa shape index (κ3) is 5.65. The predicted molar refractivity (Wildman–Crippen MR) is 114 cm³/mol. The predicted octanol–water partition coefficient (Wildman–Crippen LogP) is 4.59. The second kappa shape index (κ2) is 9.14. The van der Waals surface area contributed by atoms with Crippen LogP contribution in [0.25, 0.3) is 0 Å². The van der Waals surface area contributed by atoms with Crippen LogP contribution >= 0.6 is 11.3 Å². The van der Waals surface area contributed by atoms with Gasteiger partial charge < -0.3 is 16.0 Å². The molecule has 0 atom stereocenters. The number of hydrogen-bond donors (Lipinski definition) is 3. The minimum atomic E-state index is -0.142. The minimum Gasteiger partial charge on any atom is -0.332 e. The van der Waals surface area contributed by atoms with Gasteiger partial charge >= 0.3 is 0 Å². The summed E-state index contributed by atoms with van der Waals surface area (Å²) in [6.07, 6.45) is 1.20. The van der Waals surface area contributed by atoms with Gasteiger partial charge in [-0.1, -0.05) is 19.1 Å². The number of nitrogens with zero attached hydrogens (tertiary/aromatic N) is 1. The Labute approximate surface area is 168 Å². The summed E-state index contributed by atoms with van der Waals surface area (Å²) in [5.74, 6) is -0.275. The first-order valence-corrected chi connectivity index (χ1v) is 9.87. The normalized spacial score (nSPS) is 10.4. The molecular weight excluding hydrogens is 372 g/mol. The van der Waals surface area contributed by atoms with E-state index in [2.05, 4.69) is 40.0 Å². The van der Waals surface area contributed by atoms with Crippen molar-refractivity contribution in [2.24, 2.45) is 0 Å². The molecule has 2 amide bonds. The van der Waals surface area contributed by atoms with Crippen LogP contribution in [0.15, 0.2) is 53.9 Å². The van der Waals surface area contributed by atoms with Crippen molar-refractivity contribution in [2.45, 2.75) is 26.7 Å². The van der Waals surface area contributed by atoms with Crippen molar-refractivity contribution in [3.63, 3.8) is 0 Å². The van der Waals surface area contributed by atoms with E-state index in [0.29, 0.717) is 17.1 Å². The molecule has 0 spiro atoms. The number of hydrogen-bond acceptors (Lipinski definition) is 5. The maximum Gasteiger partial charge on any atom is 0.230 e. The monoisotopic (exact) mass is 394 g/mol. The summed E-state index contributed by atoms with van der Waals surface area (Å²) in [6, 6.07) is 15.2. The zero-order chi connectivity index (χ0) is 19.9. The lowest BCUT2D eigenvalue weighted by Crippen LogP contribution is -2.14. The van der Waals surface area contributed by atoms with Gasteiger partial charge in [-0.25, -0.2) is 4.98 Å². The summed E-state index contributed by atoms with van der Waals surface area (Å²) in [4.78, 5) is 27.8. The SMILES string of the molecule is CCc1ccc(Nc2nc(CC(=O)Nc3ccc(NC(C)=O)cc3)cs2)cc1. The van der Waals surface area contributed by atoms with Crippen molar-refractivity contribution in [2.75, 3.05) is 16.0 Å². The highest BCUT2D eigenvalue weighted by atomic mass is 32.1. The fourth-order valence-corrected chi connectivity index (χ4v) is 3.33. The van der Waals surface area contributed by atoms with Crippen molar-refractivity contribution >= 4 is 45.3 Å². The molecule has 1 heterocycles. The summed E-state index contributed by atoms with van der Waals surface area (Å²) < 4.78 is 0. The molecule has 3 aromatic rings. The number of carbonyl (C=O) groups is 2. The van der Waals surface area contributed by atoms with Gasteiger partial charge in [0.2, 0.25) is 11.8 Å². The molecule has 1 aromatic heterocycles. The highest BCUT2D eigenvalue weighted by molar-refractivity contribution is 7.13. The summed E-state index contributed by atoms with van der Waals surface area (Å²) >= 11 is 1.47. The van der Waals surface area contributed by atoms with Crippen LogP contribution in [-0.4, -0.2) is 16.8 Å². The van der Waals surface area contributed by atoms with E-state index >= 15 is 0 Å². The summed E-state index contributed by atoms with van der Waals surface area (Å²) in [7, 11) is 0. The molecule has 3 N–H and O–H groups in total. The number of carbonyl (C=O) groups excluding carboxylic acids is 2. The molecule has 0 bridgehead atoms. The van der Waals surface area contributed by atoms with Gasteiger partial charge in [-0.2, -0.15) is 0 Å². The maximum absolute atomic E-state index is 12.2. The molecule has 0 saturated heterocycles. The van der Waals surface area contributed by atoms with Crippen LogP contribution in [0.5, 0.6) is 0 Å². The third-order valence-electron chi connectivity index (χ3n) is 4.00. The van der Waals surface area contributed by atoms with Crippen LogP contribution in [-0.2, 0) is 22.4 Å². The number of nitrogens with one attached hydrogen (secondary N) is 3. The molecule has 0 fully saturated rings. The molecular formula is C21H22N4O2S.